The third kappa shape index (κ3) is 6.00. The van der Waals surface area contributed by atoms with E-state index in [2.05, 4.69) is 13.5 Å². The second-order valence-electron chi connectivity index (χ2n) is 3.78. The van der Waals surface area contributed by atoms with Crippen LogP contribution in [0, 0.1) is 5.92 Å². The fourth-order valence-electron chi connectivity index (χ4n) is 1.47. The van der Waals surface area contributed by atoms with Crippen molar-refractivity contribution in [3.8, 4) is 0 Å². The van der Waals surface area contributed by atoms with Crippen molar-refractivity contribution in [3.63, 3.8) is 0 Å². The largest absolute Gasteiger partial charge is 0.513 e. The van der Waals surface area contributed by atoms with Crippen LogP contribution in [0.3, 0.4) is 0 Å². The lowest BCUT2D eigenvalue weighted by Crippen LogP contribution is -2.24. The molecule has 3 nitrogen and oxygen atoms in total. The number of aliphatic hydroxyl groups excluding tert-OH is 3. The monoisotopic (exact) mass is 202 g/mol. The molecule has 0 aliphatic carbocycles. The number of hydrogen-bond donors (Lipinski definition) is 3. The van der Waals surface area contributed by atoms with E-state index in [-0.39, 0.29) is 24.7 Å². The highest BCUT2D eigenvalue weighted by Crippen LogP contribution is 2.17. The predicted molar refractivity (Wildman–Crippen MR) is 57.1 cm³/mol. The number of rotatable bonds is 8. The zero-order chi connectivity index (χ0) is 11.0. The van der Waals surface area contributed by atoms with Crippen molar-refractivity contribution in [1.29, 1.82) is 0 Å². The summed E-state index contributed by atoms with van der Waals surface area (Å²) in [6, 6.07) is 0. The fraction of sp³-hybridized carbons (Fsp3) is 0.818. The average molecular weight is 202 g/mol. The lowest BCUT2D eigenvalue weighted by atomic mass is 9.94. The van der Waals surface area contributed by atoms with Crippen LogP contribution in [-0.4, -0.2) is 28.0 Å². The molecule has 0 rings (SSSR count). The van der Waals surface area contributed by atoms with Gasteiger partial charge in [-0.05, 0) is 6.42 Å². The van der Waals surface area contributed by atoms with Crippen molar-refractivity contribution in [2.24, 2.45) is 5.92 Å². The van der Waals surface area contributed by atoms with Crippen molar-refractivity contribution in [2.75, 3.05) is 6.61 Å². The summed E-state index contributed by atoms with van der Waals surface area (Å²) in [5, 5.41) is 27.5. The number of aliphatic hydroxyl groups is 3. The Morgan fingerprint density at radius 1 is 1.36 bits per heavy atom. The van der Waals surface area contributed by atoms with Crippen LogP contribution in [0.1, 0.15) is 39.0 Å². The van der Waals surface area contributed by atoms with Crippen molar-refractivity contribution >= 4 is 0 Å². The summed E-state index contributed by atoms with van der Waals surface area (Å²) in [6.07, 6.45) is 3.55. The molecule has 14 heavy (non-hydrogen) atoms. The van der Waals surface area contributed by atoms with Crippen molar-refractivity contribution < 1.29 is 15.3 Å². The molecule has 0 heterocycles. The summed E-state index contributed by atoms with van der Waals surface area (Å²) in [7, 11) is 0. The zero-order valence-corrected chi connectivity index (χ0v) is 8.95. The van der Waals surface area contributed by atoms with Gasteiger partial charge in [0.05, 0.1) is 11.9 Å². The lowest BCUT2D eigenvalue weighted by molar-refractivity contribution is 0.0542. The standard InChI is InChI=1S/C11H22O3/c1-3-4-5-6-10(8-12)11(14)7-9(2)13/h10-14H,2-8H2,1H3. The molecule has 0 bridgehead atoms. The molecule has 0 aromatic carbocycles. The molecule has 0 amide bonds. The smallest absolute Gasteiger partial charge is 0.0877 e. The van der Waals surface area contributed by atoms with E-state index < -0.39 is 6.10 Å². The third-order valence-electron chi connectivity index (χ3n) is 2.40. The van der Waals surface area contributed by atoms with E-state index in [4.69, 9.17) is 10.2 Å². The maximum Gasteiger partial charge on any atom is 0.0877 e. The molecule has 0 aromatic rings. The molecule has 0 saturated carbocycles. The van der Waals surface area contributed by atoms with Crippen molar-refractivity contribution in [2.45, 2.75) is 45.1 Å². The maximum atomic E-state index is 9.60. The first kappa shape index (κ1) is 13.5. The summed E-state index contributed by atoms with van der Waals surface area (Å²) >= 11 is 0. The Balaban J connectivity index is 3.80. The van der Waals surface area contributed by atoms with E-state index in [9.17, 15) is 5.11 Å². The molecule has 0 aliphatic heterocycles. The van der Waals surface area contributed by atoms with Crippen LogP contribution in [-0.2, 0) is 0 Å². The first-order chi connectivity index (χ1) is 6.61. The molecule has 3 heteroatoms. The molecule has 2 atom stereocenters. The Kier molecular flexibility index (Phi) is 7.52. The minimum absolute atomic E-state index is 0.0218. The number of hydrogen-bond acceptors (Lipinski definition) is 3. The van der Waals surface area contributed by atoms with Gasteiger partial charge in [-0.15, -0.1) is 0 Å². The van der Waals surface area contributed by atoms with Crippen LogP contribution in [0.5, 0.6) is 0 Å². The van der Waals surface area contributed by atoms with E-state index in [1.54, 1.807) is 0 Å². The van der Waals surface area contributed by atoms with Gasteiger partial charge in [-0.3, -0.25) is 0 Å². The van der Waals surface area contributed by atoms with Gasteiger partial charge >= 0.3 is 0 Å². The highest BCUT2D eigenvalue weighted by Gasteiger charge is 2.18. The Labute approximate surface area is 86.1 Å². The van der Waals surface area contributed by atoms with Gasteiger partial charge in [0.2, 0.25) is 0 Å². The predicted octanol–water partition coefficient (Wildman–Crippen LogP) is 2.00. The molecule has 3 N–H and O–H groups in total. The second kappa shape index (κ2) is 7.83. The van der Waals surface area contributed by atoms with E-state index in [1.807, 2.05) is 0 Å². The van der Waals surface area contributed by atoms with Gasteiger partial charge in [0.25, 0.3) is 0 Å². The summed E-state index contributed by atoms with van der Waals surface area (Å²) < 4.78 is 0. The van der Waals surface area contributed by atoms with Gasteiger partial charge in [-0.25, -0.2) is 0 Å². The fourth-order valence-corrected chi connectivity index (χ4v) is 1.47. The van der Waals surface area contributed by atoms with Crippen molar-refractivity contribution in [1.82, 2.24) is 0 Å². The normalized spacial score (nSPS) is 15.1. The van der Waals surface area contributed by atoms with E-state index in [0.717, 1.165) is 25.7 Å². The minimum atomic E-state index is -0.672. The van der Waals surface area contributed by atoms with Crippen LogP contribution in [0.15, 0.2) is 12.3 Å². The van der Waals surface area contributed by atoms with Crippen LogP contribution in [0.4, 0.5) is 0 Å². The van der Waals surface area contributed by atoms with Gasteiger partial charge in [0.15, 0.2) is 0 Å². The quantitative estimate of drug-likeness (QED) is 0.417. The van der Waals surface area contributed by atoms with E-state index in [1.165, 1.54) is 0 Å². The Morgan fingerprint density at radius 2 is 2.00 bits per heavy atom. The third-order valence-corrected chi connectivity index (χ3v) is 2.40. The Morgan fingerprint density at radius 3 is 2.43 bits per heavy atom. The average Bonchev–Trinajstić information content (AvgIpc) is 2.11. The van der Waals surface area contributed by atoms with Gasteiger partial charge in [0, 0.05) is 18.9 Å². The molecule has 2 unspecified atom stereocenters. The first-order valence-electron chi connectivity index (χ1n) is 5.27. The summed E-state index contributed by atoms with van der Waals surface area (Å²) in [6.45, 7) is 5.40. The van der Waals surface area contributed by atoms with E-state index in [0.29, 0.717) is 0 Å². The summed E-state index contributed by atoms with van der Waals surface area (Å²) in [5.74, 6) is -0.156. The lowest BCUT2D eigenvalue weighted by Gasteiger charge is -2.20. The van der Waals surface area contributed by atoms with Crippen molar-refractivity contribution in [3.05, 3.63) is 12.3 Å². The first-order valence-corrected chi connectivity index (χ1v) is 5.27. The molecule has 0 aromatic heterocycles. The topological polar surface area (TPSA) is 60.7 Å². The van der Waals surface area contributed by atoms with Crippen LogP contribution in [0.2, 0.25) is 0 Å². The van der Waals surface area contributed by atoms with Gasteiger partial charge < -0.3 is 15.3 Å². The second-order valence-corrected chi connectivity index (χ2v) is 3.78. The highest BCUT2D eigenvalue weighted by molar-refractivity contribution is 4.85. The van der Waals surface area contributed by atoms with Gasteiger partial charge in [-0.1, -0.05) is 32.8 Å². The molecular formula is C11H22O3. The molecular weight excluding hydrogens is 180 g/mol. The Bertz CT molecular complexity index is 157. The van der Waals surface area contributed by atoms with Crippen LogP contribution in [0.25, 0.3) is 0 Å². The molecule has 0 aliphatic rings. The zero-order valence-electron chi connectivity index (χ0n) is 8.95. The number of unbranched alkanes of at least 4 members (excludes halogenated alkanes) is 2. The SMILES string of the molecule is C=C(O)CC(O)C(CO)CCCCC. The van der Waals surface area contributed by atoms with Crippen LogP contribution < -0.4 is 0 Å². The molecule has 0 radical (unpaired) electrons. The minimum Gasteiger partial charge on any atom is -0.513 e. The molecule has 0 saturated heterocycles. The van der Waals surface area contributed by atoms with Gasteiger partial charge in [-0.2, -0.15) is 0 Å². The Hall–Kier alpha value is -0.540. The summed E-state index contributed by atoms with van der Waals surface area (Å²) in [5.41, 5.74) is 0. The molecule has 84 valence electrons. The highest BCUT2D eigenvalue weighted by atomic mass is 16.3. The van der Waals surface area contributed by atoms with Gasteiger partial charge in [0.1, 0.15) is 0 Å². The molecule has 0 fully saturated rings. The summed E-state index contributed by atoms with van der Waals surface area (Å²) in [4.78, 5) is 0. The maximum absolute atomic E-state index is 9.60. The molecule has 0 spiro atoms. The van der Waals surface area contributed by atoms with Crippen LogP contribution >= 0.6 is 0 Å². The van der Waals surface area contributed by atoms with E-state index >= 15 is 0 Å².